The Balaban J connectivity index is 2.13. The first-order chi connectivity index (χ1) is 9.01. The largest absolute Gasteiger partial charge is 0.388 e. The number of aliphatic hydroxyl groups excluding tert-OH is 1. The van der Waals surface area contributed by atoms with E-state index < -0.39 is 0 Å². The Bertz CT molecular complexity index is 539. The average molecular weight is 261 g/mol. The molecule has 0 spiro atoms. The number of nitrogens with zero attached hydrogens (tertiary/aromatic N) is 3. The van der Waals surface area contributed by atoms with Crippen LogP contribution in [0.1, 0.15) is 43.8 Å². The summed E-state index contributed by atoms with van der Waals surface area (Å²) in [6, 6.07) is 4.13. The highest BCUT2D eigenvalue weighted by atomic mass is 16.3. The number of hydrogen-bond donors (Lipinski definition) is 1. The van der Waals surface area contributed by atoms with Gasteiger partial charge in [-0.1, -0.05) is 20.8 Å². The van der Waals surface area contributed by atoms with Crippen molar-refractivity contribution in [2.45, 2.75) is 39.8 Å². The molecule has 0 radical (unpaired) electrons. The summed E-state index contributed by atoms with van der Waals surface area (Å²) in [7, 11) is 1.97. The van der Waals surface area contributed by atoms with Crippen molar-refractivity contribution < 1.29 is 5.11 Å². The SMILES string of the molecule is CCc1cc(Cn2ccc(C(O)C(C)C)c2)n(C)n1. The van der Waals surface area contributed by atoms with E-state index in [1.54, 1.807) is 0 Å². The summed E-state index contributed by atoms with van der Waals surface area (Å²) >= 11 is 0. The Hall–Kier alpha value is -1.55. The van der Waals surface area contributed by atoms with Crippen LogP contribution in [-0.4, -0.2) is 19.5 Å². The van der Waals surface area contributed by atoms with Gasteiger partial charge in [-0.2, -0.15) is 5.10 Å². The van der Waals surface area contributed by atoms with Crippen LogP contribution in [0.4, 0.5) is 0 Å². The predicted molar refractivity (Wildman–Crippen MR) is 75.9 cm³/mol. The summed E-state index contributed by atoms with van der Waals surface area (Å²) in [6.07, 6.45) is 4.60. The van der Waals surface area contributed by atoms with Crippen LogP contribution in [0.15, 0.2) is 24.5 Å². The van der Waals surface area contributed by atoms with Gasteiger partial charge in [0.1, 0.15) is 0 Å². The van der Waals surface area contributed by atoms with Crippen molar-refractivity contribution in [3.05, 3.63) is 41.5 Å². The number of rotatable bonds is 5. The second-order valence-corrected chi connectivity index (χ2v) is 5.41. The number of aliphatic hydroxyl groups is 1. The normalized spacial score (nSPS) is 13.2. The predicted octanol–water partition coefficient (Wildman–Crippen LogP) is 2.52. The van der Waals surface area contributed by atoms with Gasteiger partial charge >= 0.3 is 0 Å². The molecule has 104 valence electrons. The third-order valence-electron chi connectivity index (χ3n) is 3.48. The Morgan fingerprint density at radius 2 is 2.11 bits per heavy atom. The van der Waals surface area contributed by atoms with Crippen molar-refractivity contribution in [3.8, 4) is 0 Å². The Morgan fingerprint density at radius 3 is 2.68 bits per heavy atom. The minimum Gasteiger partial charge on any atom is -0.388 e. The van der Waals surface area contributed by atoms with Crippen LogP contribution in [0.3, 0.4) is 0 Å². The molecule has 2 rings (SSSR count). The summed E-state index contributed by atoms with van der Waals surface area (Å²) < 4.78 is 4.02. The molecule has 1 unspecified atom stereocenters. The van der Waals surface area contributed by atoms with Gasteiger partial charge in [0.2, 0.25) is 0 Å². The van der Waals surface area contributed by atoms with Crippen LogP contribution in [0.2, 0.25) is 0 Å². The van der Waals surface area contributed by atoms with Crippen LogP contribution in [0.25, 0.3) is 0 Å². The smallest absolute Gasteiger partial charge is 0.0827 e. The molecule has 0 amide bonds. The van der Waals surface area contributed by atoms with Crippen LogP contribution in [0.5, 0.6) is 0 Å². The minimum atomic E-state index is -0.390. The van der Waals surface area contributed by atoms with Crippen LogP contribution in [0, 0.1) is 5.92 Å². The molecule has 0 saturated heterocycles. The molecular formula is C15H23N3O. The molecule has 2 heterocycles. The molecule has 1 atom stereocenters. The molecular weight excluding hydrogens is 238 g/mol. The highest BCUT2D eigenvalue weighted by Crippen LogP contribution is 2.21. The summed E-state index contributed by atoms with van der Waals surface area (Å²) in [5.41, 5.74) is 3.28. The lowest BCUT2D eigenvalue weighted by Crippen LogP contribution is -2.06. The molecule has 0 aromatic carbocycles. The van der Waals surface area contributed by atoms with Crippen molar-refractivity contribution in [2.24, 2.45) is 13.0 Å². The second kappa shape index (κ2) is 5.61. The third kappa shape index (κ3) is 3.07. The summed E-state index contributed by atoms with van der Waals surface area (Å²) in [5.74, 6) is 0.235. The van der Waals surface area contributed by atoms with Gasteiger partial charge in [0, 0.05) is 19.4 Å². The van der Waals surface area contributed by atoms with Gasteiger partial charge in [0.25, 0.3) is 0 Å². The van der Waals surface area contributed by atoms with Crippen molar-refractivity contribution >= 4 is 0 Å². The molecule has 19 heavy (non-hydrogen) atoms. The van der Waals surface area contributed by atoms with Gasteiger partial charge in [-0.05, 0) is 30.0 Å². The molecule has 1 N–H and O–H groups in total. The summed E-state index contributed by atoms with van der Waals surface area (Å²) in [4.78, 5) is 0. The lowest BCUT2D eigenvalue weighted by atomic mass is 10.0. The monoisotopic (exact) mass is 261 g/mol. The van der Waals surface area contributed by atoms with Crippen LogP contribution in [-0.2, 0) is 20.0 Å². The second-order valence-electron chi connectivity index (χ2n) is 5.41. The molecule has 0 aliphatic rings. The lowest BCUT2D eigenvalue weighted by molar-refractivity contribution is 0.127. The maximum absolute atomic E-state index is 10.0. The van der Waals surface area contributed by atoms with Gasteiger partial charge < -0.3 is 9.67 Å². The Kier molecular flexibility index (Phi) is 4.10. The summed E-state index contributed by atoms with van der Waals surface area (Å²) in [6.45, 7) is 6.94. The third-order valence-corrected chi connectivity index (χ3v) is 3.48. The minimum absolute atomic E-state index is 0.235. The molecule has 0 saturated carbocycles. The molecule has 4 nitrogen and oxygen atoms in total. The highest BCUT2D eigenvalue weighted by molar-refractivity contribution is 5.17. The number of hydrogen-bond acceptors (Lipinski definition) is 2. The molecule has 2 aromatic heterocycles. The van der Waals surface area contributed by atoms with Crippen LogP contribution >= 0.6 is 0 Å². The fraction of sp³-hybridized carbons (Fsp3) is 0.533. The van der Waals surface area contributed by atoms with E-state index in [0.717, 1.165) is 24.2 Å². The highest BCUT2D eigenvalue weighted by Gasteiger charge is 2.13. The van der Waals surface area contributed by atoms with Gasteiger partial charge in [0.15, 0.2) is 0 Å². The molecule has 0 aliphatic carbocycles. The van der Waals surface area contributed by atoms with Crippen molar-refractivity contribution in [2.75, 3.05) is 0 Å². The van der Waals surface area contributed by atoms with E-state index in [0.29, 0.717) is 0 Å². The Morgan fingerprint density at radius 1 is 1.37 bits per heavy atom. The van der Waals surface area contributed by atoms with Gasteiger partial charge in [-0.25, -0.2) is 0 Å². The Labute approximate surface area is 114 Å². The maximum Gasteiger partial charge on any atom is 0.0827 e. The first-order valence-electron chi connectivity index (χ1n) is 6.86. The van der Waals surface area contributed by atoms with E-state index in [9.17, 15) is 5.11 Å². The number of aromatic nitrogens is 3. The first kappa shape index (κ1) is 13.9. The quantitative estimate of drug-likeness (QED) is 0.898. The molecule has 0 fully saturated rings. The fourth-order valence-electron chi connectivity index (χ4n) is 2.20. The van der Waals surface area contributed by atoms with E-state index in [1.165, 1.54) is 5.69 Å². The average Bonchev–Trinajstić information content (AvgIpc) is 2.96. The molecule has 0 aliphatic heterocycles. The standard InChI is InChI=1S/C15H23N3O/c1-5-13-8-14(17(4)16-13)10-18-7-6-12(9-18)15(19)11(2)3/h6-9,11,15,19H,5,10H2,1-4H3. The zero-order chi connectivity index (χ0) is 14.0. The molecule has 0 bridgehead atoms. The van der Waals surface area contributed by atoms with E-state index in [1.807, 2.05) is 44.0 Å². The zero-order valence-corrected chi connectivity index (χ0v) is 12.2. The van der Waals surface area contributed by atoms with Crippen molar-refractivity contribution in [1.82, 2.24) is 14.3 Å². The van der Waals surface area contributed by atoms with Crippen LogP contribution < -0.4 is 0 Å². The van der Waals surface area contributed by atoms with Gasteiger partial charge in [0.05, 0.1) is 24.0 Å². The van der Waals surface area contributed by atoms with Crippen molar-refractivity contribution in [3.63, 3.8) is 0 Å². The lowest BCUT2D eigenvalue weighted by Gasteiger charge is -2.12. The zero-order valence-electron chi connectivity index (χ0n) is 12.2. The van der Waals surface area contributed by atoms with E-state index in [-0.39, 0.29) is 12.0 Å². The van der Waals surface area contributed by atoms with Gasteiger partial charge in [-0.15, -0.1) is 0 Å². The first-order valence-corrected chi connectivity index (χ1v) is 6.86. The molecule has 4 heteroatoms. The topological polar surface area (TPSA) is 43.0 Å². The maximum atomic E-state index is 10.0. The van der Waals surface area contributed by atoms with E-state index in [4.69, 9.17) is 0 Å². The van der Waals surface area contributed by atoms with Crippen molar-refractivity contribution in [1.29, 1.82) is 0 Å². The fourth-order valence-corrected chi connectivity index (χ4v) is 2.20. The van der Waals surface area contributed by atoms with E-state index in [2.05, 4.69) is 22.7 Å². The van der Waals surface area contributed by atoms with E-state index >= 15 is 0 Å². The number of aryl methyl sites for hydroxylation is 2. The summed E-state index contributed by atoms with van der Waals surface area (Å²) in [5, 5.41) is 14.5. The van der Waals surface area contributed by atoms with Gasteiger partial charge in [-0.3, -0.25) is 4.68 Å². The molecule has 2 aromatic rings.